The Morgan fingerprint density at radius 2 is 1.64 bits per heavy atom. The molecular weight excluding hydrogens is 444 g/mol. The van der Waals surface area contributed by atoms with Crippen molar-refractivity contribution < 1.29 is 29.0 Å². The number of carboxylic acids is 1. The number of rotatable bonds is 11. The highest BCUT2D eigenvalue weighted by atomic mass is 32.2. The monoisotopic (exact) mass is 478 g/mol. The van der Waals surface area contributed by atoms with E-state index in [0.29, 0.717) is 24.7 Å². The lowest BCUT2D eigenvalue weighted by Gasteiger charge is -2.51. The average Bonchev–Trinajstić information content (AvgIpc) is 3.03. The van der Waals surface area contributed by atoms with E-state index in [1.165, 1.54) is 16.7 Å². The third-order valence-electron chi connectivity index (χ3n) is 6.11. The summed E-state index contributed by atoms with van der Waals surface area (Å²) in [5.74, 6) is -1.10. The van der Waals surface area contributed by atoms with E-state index in [2.05, 4.69) is 19.2 Å². The standard InChI is InChI=1S/C24H34N2O6S/c1-6-8-13-31-15-11-10-12-16(32-14-9-7-2)17(15)19(27)25-24(5)21(30)26-18(20(28)29)23(3,4)33-22(24)26/h10-12,18,22H,6-9,13-14H2,1-5H3,(H,25,27)(H,28,29)/t18-,22+,24-/m0/s1. The molecule has 9 heteroatoms. The van der Waals surface area contributed by atoms with E-state index in [0.717, 1.165) is 25.7 Å². The van der Waals surface area contributed by atoms with Crippen molar-refractivity contribution in [3.05, 3.63) is 23.8 Å². The van der Waals surface area contributed by atoms with E-state index in [4.69, 9.17) is 9.47 Å². The topological polar surface area (TPSA) is 105 Å². The van der Waals surface area contributed by atoms with E-state index < -0.39 is 39.5 Å². The van der Waals surface area contributed by atoms with Gasteiger partial charge in [-0.25, -0.2) is 4.79 Å². The Hall–Kier alpha value is -2.42. The molecule has 8 nitrogen and oxygen atoms in total. The van der Waals surface area contributed by atoms with Gasteiger partial charge in [-0.3, -0.25) is 9.59 Å². The van der Waals surface area contributed by atoms with Crippen LogP contribution in [-0.4, -0.2) is 62.7 Å². The van der Waals surface area contributed by atoms with Crippen LogP contribution < -0.4 is 14.8 Å². The molecule has 2 N–H and O–H groups in total. The van der Waals surface area contributed by atoms with Crippen molar-refractivity contribution in [2.75, 3.05) is 13.2 Å². The maximum atomic E-state index is 13.5. The lowest BCUT2D eigenvalue weighted by Crippen LogP contribution is -2.78. The molecule has 2 heterocycles. The van der Waals surface area contributed by atoms with Crippen LogP contribution in [0.4, 0.5) is 0 Å². The zero-order valence-corrected chi connectivity index (χ0v) is 20.8. The van der Waals surface area contributed by atoms with E-state index in [1.807, 2.05) is 0 Å². The second-order valence-corrected chi connectivity index (χ2v) is 11.0. The molecule has 0 bridgehead atoms. The fourth-order valence-corrected chi connectivity index (χ4v) is 5.91. The summed E-state index contributed by atoms with van der Waals surface area (Å²) in [7, 11) is 0. The Morgan fingerprint density at radius 3 is 2.12 bits per heavy atom. The van der Waals surface area contributed by atoms with Gasteiger partial charge < -0.3 is 24.8 Å². The molecule has 2 saturated heterocycles. The van der Waals surface area contributed by atoms with Gasteiger partial charge in [-0.15, -0.1) is 11.8 Å². The number of unbranched alkanes of at least 4 members (excludes halogenated alkanes) is 2. The number of hydrogen-bond acceptors (Lipinski definition) is 6. The number of benzene rings is 1. The van der Waals surface area contributed by atoms with Crippen LogP contribution in [0.5, 0.6) is 11.5 Å². The van der Waals surface area contributed by atoms with E-state index in [9.17, 15) is 19.5 Å². The summed E-state index contributed by atoms with van der Waals surface area (Å²) in [5.41, 5.74) is -0.963. The van der Waals surface area contributed by atoms with Crippen LogP contribution in [0.2, 0.25) is 0 Å². The largest absolute Gasteiger partial charge is 0.493 e. The Balaban J connectivity index is 1.87. The molecule has 0 radical (unpaired) electrons. The van der Waals surface area contributed by atoms with Crippen LogP contribution in [0.25, 0.3) is 0 Å². The van der Waals surface area contributed by atoms with E-state index in [-0.39, 0.29) is 5.56 Å². The van der Waals surface area contributed by atoms with Crippen LogP contribution >= 0.6 is 11.8 Å². The average molecular weight is 479 g/mol. The quantitative estimate of drug-likeness (QED) is 0.369. The second kappa shape index (κ2) is 9.83. The number of nitrogens with one attached hydrogen (secondary N) is 1. The Kier molecular flexibility index (Phi) is 7.51. The summed E-state index contributed by atoms with van der Waals surface area (Å²) in [4.78, 5) is 39.8. The maximum absolute atomic E-state index is 13.5. The van der Waals surface area contributed by atoms with Gasteiger partial charge in [-0.05, 0) is 45.7 Å². The van der Waals surface area contributed by atoms with Crippen molar-refractivity contribution in [3.63, 3.8) is 0 Å². The number of carbonyl (C=O) groups is 3. The van der Waals surface area contributed by atoms with Gasteiger partial charge in [0.1, 0.15) is 34.0 Å². The first-order chi connectivity index (χ1) is 15.6. The van der Waals surface area contributed by atoms with Crippen molar-refractivity contribution >= 4 is 29.5 Å². The molecule has 2 aliphatic rings. The third kappa shape index (κ3) is 4.65. The van der Waals surface area contributed by atoms with Crippen molar-refractivity contribution in [2.24, 2.45) is 0 Å². The number of β-lactam (4-membered cyclic amide) rings is 1. The smallest absolute Gasteiger partial charge is 0.327 e. The number of fused-ring (bicyclic) bond motifs is 1. The lowest BCUT2D eigenvalue weighted by molar-refractivity contribution is -0.165. The van der Waals surface area contributed by atoms with Gasteiger partial charge in [0.2, 0.25) is 0 Å². The van der Waals surface area contributed by atoms with Gasteiger partial charge in [-0.2, -0.15) is 0 Å². The molecule has 0 unspecified atom stereocenters. The highest BCUT2D eigenvalue weighted by Crippen LogP contribution is 2.54. The summed E-state index contributed by atoms with van der Waals surface area (Å²) < 4.78 is 11.1. The Bertz CT molecular complexity index is 892. The molecule has 1 aromatic carbocycles. The SMILES string of the molecule is CCCCOc1cccc(OCCCC)c1C(=O)N[C@@]1(C)C(=O)N2[C@@H](C(=O)O)C(C)(C)S[C@@H]21. The molecule has 2 fully saturated rings. The van der Waals surface area contributed by atoms with E-state index >= 15 is 0 Å². The summed E-state index contributed by atoms with van der Waals surface area (Å²) in [6.07, 6.45) is 3.60. The Morgan fingerprint density at radius 1 is 1.09 bits per heavy atom. The number of ether oxygens (including phenoxy) is 2. The van der Waals surface area contributed by atoms with Gasteiger partial charge >= 0.3 is 5.97 Å². The molecule has 2 aliphatic heterocycles. The number of nitrogens with zero attached hydrogens (tertiary/aromatic N) is 1. The molecule has 3 atom stereocenters. The predicted octanol–water partition coefficient (Wildman–Crippen LogP) is 3.68. The van der Waals surface area contributed by atoms with Crippen LogP contribution in [0.3, 0.4) is 0 Å². The molecule has 182 valence electrons. The number of aliphatic carboxylic acids is 1. The van der Waals surface area contributed by atoms with Crippen LogP contribution in [0, 0.1) is 0 Å². The molecular formula is C24H34N2O6S. The van der Waals surface area contributed by atoms with Gasteiger partial charge in [0, 0.05) is 4.75 Å². The zero-order valence-electron chi connectivity index (χ0n) is 20.0. The maximum Gasteiger partial charge on any atom is 0.327 e. The first-order valence-electron chi connectivity index (χ1n) is 11.5. The van der Waals surface area contributed by atoms with Gasteiger partial charge in [0.25, 0.3) is 11.8 Å². The fourth-order valence-electron chi connectivity index (χ4n) is 4.26. The molecule has 0 aliphatic carbocycles. The number of hydrogen-bond donors (Lipinski definition) is 2. The lowest BCUT2D eigenvalue weighted by atomic mass is 9.86. The molecule has 3 rings (SSSR count). The van der Waals surface area contributed by atoms with E-state index in [1.54, 1.807) is 39.0 Å². The second-order valence-electron chi connectivity index (χ2n) is 9.22. The normalized spacial score (nSPS) is 25.2. The van der Waals surface area contributed by atoms with Crippen LogP contribution in [-0.2, 0) is 9.59 Å². The molecule has 33 heavy (non-hydrogen) atoms. The van der Waals surface area contributed by atoms with Gasteiger partial charge in [-0.1, -0.05) is 32.8 Å². The van der Waals surface area contributed by atoms with Crippen molar-refractivity contribution in [1.82, 2.24) is 10.2 Å². The number of thioether (sulfide) groups is 1. The zero-order chi connectivity index (χ0) is 24.4. The van der Waals surface area contributed by atoms with Crippen molar-refractivity contribution in [1.29, 1.82) is 0 Å². The molecule has 2 amide bonds. The summed E-state index contributed by atoms with van der Waals surface area (Å²) in [6, 6.07) is 4.29. The number of amides is 2. The van der Waals surface area contributed by atoms with Crippen molar-refractivity contribution in [2.45, 2.75) is 82.0 Å². The van der Waals surface area contributed by atoms with Gasteiger partial charge in [0.05, 0.1) is 13.2 Å². The Labute approximate surface area is 199 Å². The number of carboxylic acid groups (broad SMARTS) is 1. The minimum Gasteiger partial charge on any atom is -0.493 e. The summed E-state index contributed by atoms with van der Waals surface area (Å²) in [5, 5.41) is 12.1. The first kappa shape index (κ1) is 25.2. The van der Waals surface area contributed by atoms with Crippen LogP contribution in [0.15, 0.2) is 18.2 Å². The highest BCUT2D eigenvalue weighted by molar-refractivity contribution is 8.01. The highest BCUT2D eigenvalue weighted by Gasteiger charge is 2.70. The molecule has 0 aromatic heterocycles. The van der Waals surface area contributed by atoms with Crippen LogP contribution in [0.1, 0.15) is 70.7 Å². The fraction of sp³-hybridized carbons (Fsp3) is 0.625. The minimum atomic E-state index is -1.22. The van der Waals surface area contributed by atoms with Crippen molar-refractivity contribution in [3.8, 4) is 11.5 Å². The molecule has 0 saturated carbocycles. The number of carbonyl (C=O) groups excluding carboxylic acids is 2. The first-order valence-corrected chi connectivity index (χ1v) is 12.4. The molecule has 1 aromatic rings. The summed E-state index contributed by atoms with van der Waals surface area (Å²) >= 11 is 1.39. The molecule has 0 spiro atoms. The predicted molar refractivity (Wildman–Crippen MR) is 127 cm³/mol. The third-order valence-corrected chi connectivity index (χ3v) is 7.86. The van der Waals surface area contributed by atoms with Gasteiger partial charge in [0.15, 0.2) is 0 Å². The minimum absolute atomic E-state index is 0.259. The summed E-state index contributed by atoms with van der Waals surface area (Å²) in [6.45, 7) is 10.3.